The Balaban J connectivity index is 1.98. The zero-order valence-corrected chi connectivity index (χ0v) is 10.9. The van der Waals surface area contributed by atoms with E-state index in [1.54, 1.807) is 12.1 Å². The first-order chi connectivity index (χ1) is 8.65. The quantitative estimate of drug-likeness (QED) is 0.671. The second-order valence-electron chi connectivity index (χ2n) is 4.08. The van der Waals surface area contributed by atoms with Gasteiger partial charge < -0.3 is 5.11 Å². The third kappa shape index (κ3) is 3.37. The van der Waals surface area contributed by atoms with Gasteiger partial charge in [-0.25, -0.2) is 0 Å². The number of thioether (sulfide) groups is 1. The lowest BCUT2D eigenvalue weighted by Gasteiger charge is -2.03. The van der Waals surface area contributed by atoms with Crippen LogP contribution >= 0.6 is 11.8 Å². The first kappa shape index (κ1) is 12.7. The Kier molecular flexibility index (Phi) is 4.05. The first-order valence-electron chi connectivity index (χ1n) is 5.67. The highest BCUT2D eigenvalue weighted by molar-refractivity contribution is 8.00. The second kappa shape index (κ2) is 5.74. The molecule has 0 saturated carbocycles. The van der Waals surface area contributed by atoms with E-state index in [9.17, 15) is 4.79 Å². The van der Waals surface area contributed by atoms with Crippen LogP contribution in [-0.4, -0.2) is 16.6 Å². The molecule has 1 N–H and O–H groups in total. The fourth-order valence-corrected chi connectivity index (χ4v) is 2.49. The molecule has 0 spiro atoms. The van der Waals surface area contributed by atoms with Crippen LogP contribution in [0.25, 0.3) is 0 Å². The number of Topliss-reactive ketones (excluding diaryl/α,β-unsaturated/α-hetero) is 1. The average Bonchev–Trinajstić information content (AvgIpc) is 2.37. The van der Waals surface area contributed by atoms with Gasteiger partial charge in [-0.2, -0.15) is 0 Å². The largest absolute Gasteiger partial charge is 0.508 e. The van der Waals surface area contributed by atoms with Crippen LogP contribution in [0.5, 0.6) is 5.75 Å². The highest BCUT2D eigenvalue weighted by Gasteiger charge is 2.06. The normalized spacial score (nSPS) is 10.3. The second-order valence-corrected chi connectivity index (χ2v) is 5.12. The van der Waals surface area contributed by atoms with Crippen molar-refractivity contribution in [2.24, 2.45) is 0 Å². The molecule has 2 aromatic carbocycles. The van der Waals surface area contributed by atoms with Crippen LogP contribution in [0.1, 0.15) is 15.9 Å². The molecular weight excluding hydrogens is 244 g/mol. The van der Waals surface area contributed by atoms with Gasteiger partial charge in [0.25, 0.3) is 0 Å². The Morgan fingerprint density at radius 2 is 1.89 bits per heavy atom. The number of rotatable bonds is 4. The number of carbonyl (C=O) groups is 1. The fourth-order valence-electron chi connectivity index (χ4n) is 1.58. The summed E-state index contributed by atoms with van der Waals surface area (Å²) in [7, 11) is 0. The minimum atomic E-state index is 0.0708. The van der Waals surface area contributed by atoms with Crippen LogP contribution in [0.2, 0.25) is 0 Å². The SMILES string of the molecule is Cc1cccc(SCC(=O)c2ccc(O)cc2)c1. The number of hydrogen-bond donors (Lipinski definition) is 1. The molecule has 92 valence electrons. The molecule has 0 fully saturated rings. The topological polar surface area (TPSA) is 37.3 Å². The van der Waals surface area contributed by atoms with Gasteiger partial charge in [-0.1, -0.05) is 17.7 Å². The van der Waals surface area contributed by atoms with E-state index in [1.807, 2.05) is 25.1 Å². The van der Waals surface area contributed by atoms with Gasteiger partial charge in [0.15, 0.2) is 5.78 Å². The van der Waals surface area contributed by atoms with Crippen molar-refractivity contribution in [3.63, 3.8) is 0 Å². The predicted octanol–water partition coefficient (Wildman–Crippen LogP) is 3.68. The molecule has 0 bridgehead atoms. The number of benzene rings is 2. The minimum absolute atomic E-state index is 0.0708. The van der Waals surface area contributed by atoms with E-state index in [2.05, 4.69) is 6.07 Å². The number of hydrogen-bond acceptors (Lipinski definition) is 3. The predicted molar refractivity (Wildman–Crippen MR) is 74.3 cm³/mol. The highest BCUT2D eigenvalue weighted by Crippen LogP contribution is 2.20. The van der Waals surface area contributed by atoms with Crippen LogP contribution in [-0.2, 0) is 0 Å². The lowest BCUT2D eigenvalue weighted by molar-refractivity contribution is 0.102. The fraction of sp³-hybridized carbons (Fsp3) is 0.133. The van der Waals surface area contributed by atoms with Crippen molar-refractivity contribution in [1.29, 1.82) is 0 Å². The van der Waals surface area contributed by atoms with Crippen molar-refractivity contribution in [3.8, 4) is 5.75 Å². The summed E-state index contributed by atoms with van der Waals surface area (Å²) >= 11 is 1.53. The lowest BCUT2D eigenvalue weighted by atomic mass is 10.1. The maximum Gasteiger partial charge on any atom is 0.173 e. The van der Waals surface area contributed by atoms with Gasteiger partial charge in [0.1, 0.15) is 5.75 Å². The minimum Gasteiger partial charge on any atom is -0.508 e. The molecule has 0 saturated heterocycles. The van der Waals surface area contributed by atoms with Crippen molar-refractivity contribution in [2.45, 2.75) is 11.8 Å². The van der Waals surface area contributed by atoms with Crippen LogP contribution in [0.4, 0.5) is 0 Å². The van der Waals surface area contributed by atoms with Crippen molar-refractivity contribution < 1.29 is 9.90 Å². The molecule has 0 aliphatic carbocycles. The Labute approximate surface area is 111 Å². The molecule has 0 aliphatic heterocycles. The molecule has 3 heteroatoms. The van der Waals surface area contributed by atoms with E-state index >= 15 is 0 Å². The molecule has 0 heterocycles. The van der Waals surface area contributed by atoms with E-state index in [1.165, 1.54) is 29.5 Å². The first-order valence-corrected chi connectivity index (χ1v) is 6.65. The average molecular weight is 258 g/mol. The van der Waals surface area contributed by atoms with Gasteiger partial charge in [0.2, 0.25) is 0 Å². The number of aromatic hydroxyl groups is 1. The number of ketones is 1. The van der Waals surface area contributed by atoms with E-state index in [4.69, 9.17) is 5.11 Å². The Morgan fingerprint density at radius 3 is 2.56 bits per heavy atom. The number of aryl methyl sites for hydroxylation is 1. The van der Waals surface area contributed by atoms with E-state index < -0.39 is 0 Å². The van der Waals surface area contributed by atoms with Crippen molar-refractivity contribution in [2.75, 3.05) is 5.75 Å². The summed E-state index contributed by atoms with van der Waals surface area (Å²) < 4.78 is 0. The summed E-state index contributed by atoms with van der Waals surface area (Å²) in [6.45, 7) is 2.03. The molecule has 2 nitrogen and oxygen atoms in total. The summed E-state index contributed by atoms with van der Waals surface area (Å²) in [4.78, 5) is 13.0. The standard InChI is InChI=1S/C15H14O2S/c1-11-3-2-4-14(9-11)18-10-15(17)12-5-7-13(16)8-6-12/h2-9,16H,10H2,1H3. The van der Waals surface area contributed by atoms with Gasteiger partial charge in [-0.15, -0.1) is 11.8 Å². The van der Waals surface area contributed by atoms with Crippen molar-refractivity contribution in [3.05, 3.63) is 59.7 Å². The molecule has 0 aliphatic rings. The summed E-state index contributed by atoms with van der Waals surface area (Å²) in [6.07, 6.45) is 0. The molecule has 0 radical (unpaired) electrons. The van der Waals surface area contributed by atoms with E-state index in [0.29, 0.717) is 11.3 Å². The molecular formula is C15H14O2S. The Hall–Kier alpha value is -1.74. The maximum atomic E-state index is 11.9. The van der Waals surface area contributed by atoms with E-state index in [-0.39, 0.29) is 11.5 Å². The molecule has 0 amide bonds. The van der Waals surface area contributed by atoms with Crippen molar-refractivity contribution >= 4 is 17.5 Å². The van der Waals surface area contributed by atoms with E-state index in [0.717, 1.165) is 4.90 Å². The molecule has 0 unspecified atom stereocenters. The zero-order valence-electron chi connectivity index (χ0n) is 10.1. The highest BCUT2D eigenvalue weighted by atomic mass is 32.2. The monoisotopic (exact) mass is 258 g/mol. The molecule has 18 heavy (non-hydrogen) atoms. The Morgan fingerprint density at radius 1 is 1.17 bits per heavy atom. The third-order valence-corrected chi connectivity index (χ3v) is 3.54. The molecule has 2 rings (SSSR count). The van der Waals surface area contributed by atoms with Crippen LogP contribution in [0.3, 0.4) is 0 Å². The third-order valence-electron chi connectivity index (χ3n) is 2.55. The van der Waals surface area contributed by atoms with Gasteiger partial charge in [0.05, 0.1) is 5.75 Å². The summed E-state index contributed by atoms with van der Waals surface area (Å²) in [5.41, 5.74) is 1.82. The number of phenols is 1. The van der Waals surface area contributed by atoms with Gasteiger partial charge >= 0.3 is 0 Å². The summed E-state index contributed by atoms with van der Waals surface area (Å²) in [5.74, 6) is 0.660. The van der Waals surface area contributed by atoms with Crippen LogP contribution < -0.4 is 0 Å². The number of phenolic OH excluding ortho intramolecular Hbond substituents is 1. The Bertz CT molecular complexity index is 547. The van der Waals surface area contributed by atoms with Crippen LogP contribution in [0.15, 0.2) is 53.4 Å². The molecule has 2 aromatic rings. The van der Waals surface area contributed by atoms with Crippen LogP contribution in [0, 0.1) is 6.92 Å². The smallest absolute Gasteiger partial charge is 0.173 e. The number of carbonyl (C=O) groups excluding carboxylic acids is 1. The van der Waals surface area contributed by atoms with Gasteiger partial charge in [0, 0.05) is 10.5 Å². The summed E-state index contributed by atoms with van der Waals surface area (Å²) in [6, 6.07) is 14.4. The lowest BCUT2D eigenvalue weighted by Crippen LogP contribution is -2.01. The zero-order chi connectivity index (χ0) is 13.0. The van der Waals surface area contributed by atoms with Gasteiger partial charge in [-0.05, 0) is 43.3 Å². The van der Waals surface area contributed by atoms with Gasteiger partial charge in [-0.3, -0.25) is 4.79 Å². The molecule has 0 atom stereocenters. The molecule has 0 aromatic heterocycles. The maximum absolute atomic E-state index is 11.9. The van der Waals surface area contributed by atoms with Crippen molar-refractivity contribution in [1.82, 2.24) is 0 Å². The summed E-state index contributed by atoms with van der Waals surface area (Å²) in [5, 5.41) is 9.16.